The number of nitrogens with two attached hydrogens (primary N) is 1. The Bertz CT molecular complexity index is 547. The summed E-state index contributed by atoms with van der Waals surface area (Å²) in [6, 6.07) is 18.3. The van der Waals surface area contributed by atoms with Crippen molar-refractivity contribution in [3.8, 4) is 11.8 Å². The fourth-order valence-electron chi connectivity index (χ4n) is 1.81. The molecule has 0 radical (unpaired) electrons. The van der Waals surface area contributed by atoms with Gasteiger partial charge in [0.2, 0.25) is 0 Å². The zero-order chi connectivity index (χ0) is 12.6. The van der Waals surface area contributed by atoms with Gasteiger partial charge in [0.1, 0.15) is 0 Å². The van der Waals surface area contributed by atoms with Crippen LogP contribution in [0.1, 0.15) is 23.1 Å². The largest absolute Gasteiger partial charge is 0.330 e. The van der Waals surface area contributed by atoms with Gasteiger partial charge in [-0.25, -0.2) is 0 Å². The summed E-state index contributed by atoms with van der Waals surface area (Å²) in [5.74, 6) is 6.44. The second-order valence-corrected chi connectivity index (χ2v) is 4.17. The highest BCUT2D eigenvalue weighted by molar-refractivity contribution is 5.46. The van der Waals surface area contributed by atoms with E-state index in [9.17, 15) is 0 Å². The second kappa shape index (κ2) is 6.64. The van der Waals surface area contributed by atoms with Crippen LogP contribution in [0.25, 0.3) is 0 Å². The molecule has 2 N–H and O–H groups in total. The van der Waals surface area contributed by atoms with Crippen molar-refractivity contribution in [2.45, 2.75) is 12.8 Å². The van der Waals surface area contributed by atoms with Crippen molar-refractivity contribution in [1.29, 1.82) is 0 Å². The van der Waals surface area contributed by atoms with E-state index in [1.165, 1.54) is 5.56 Å². The maximum Gasteiger partial charge on any atom is 0.0281 e. The van der Waals surface area contributed by atoms with Crippen molar-refractivity contribution >= 4 is 0 Å². The van der Waals surface area contributed by atoms with Crippen LogP contribution >= 0.6 is 0 Å². The average Bonchev–Trinajstić information content (AvgIpc) is 2.45. The molecule has 1 heteroatoms. The van der Waals surface area contributed by atoms with Crippen molar-refractivity contribution in [3.63, 3.8) is 0 Å². The minimum atomic E-state index is 0.723. The Kier molecular flexibility index (Phi) is 4.58. The molecule has 0 heterocycles. The predicted octanol–water partition coefficient (Wildman–Crippen LogP) is 2.98. The van der Waals surface area contributed by atoms with Gasteiger partial charge in [0.15, 0.2) is 0 Å². The summed E-state index contributed by atoms with van der Waals surface area (Å²) in [5, 5.41) is 0. The third kappa shape index (κ3) is 3.48. The molecule has 0 aliphatic heterocycles. The molecule has 90 valence electrons. The van der Waals surface area contributed by atoms with Gasteiger partial charge in [0.25, 0.3) is 0 Å². The molecule has 0 unspecified atom stereocenters. The Morgan fingerprint density at radius 3 is 2.33 bits per heavy atom. The summed E-state index contributed by atoms with van der Waals surface area (Å²) in [5.41, 5.74) is 8.99. The van der Waals surface area contributed by atoms with Gasteiger partial charge in [-0.3, -0.25) is 0 Å². The standard InChI is InChI=1S/C17H17N/c18-14-6-11-16-9-4-5-10-17(16)13-12-15-7-2-1-3-8-15/h1-5,7-10H,6,11,14,18H2. The maximum atomic E-state index is 5.56. The van der Waals surface area contributed by atoms with E-state index in [1.54, 1.807) is 0 Å². The van der Waals surface area contributed by atoms with Gasteiger partial charge in [0, 0.05) is 11.1 Å². The van der Waals surface area contributed by atoms with E-state index in [2.05, 4.69) is 30.0 Å². The van der Waals surface area contributed by atoms with E-state index in [-0.39, 0.29) is 0 Å². The van der Waals surface area contributed by atoms with Crippen LogP contribution in [0.3, 0.4) is 0 Å². The molecule has 0 amide bonds. The average molecular weight is 235 g/mol. The van der Waals surface area contributed by atoms with E-state index in [0.29, 0.717) is 0 Å². The third-order valence-electron chi connectivity index (χ3n) is 2.78. The lowest BCUT2D eigenvalue weighted by atomic mass is 10.0. The highest BCUT2D eigenvalue weighted by Gasteiger charge is 1.97. The van der Waals surface area contributed by atoms with Crippen LogP contribution in [-0.4, -0.2) is 6.54 Å². The zero-order valence-electron chi connectivity index (χ0n) is 10.4. The first-order valence-corrected chi connectivity index (χ1v) is 6.25. The lowest BCUT2D eigenvalue weighted by Gasteiger charge is -2.02. The number of hydrogen-bond acceptors (Lipinski definition) is 1. The Balaban J connectivity index is 2.21. The molecule has 0 aromatic heterocycles. The van der Waals surface area contributed by atoms with Crippen LogP contribution in [0.15, 0.2) is 54.6 Å². The number of aryl methyl sites for hydroxylation is 1. The minimum Gasteiger partial charge on any atom is -0.330 e. The molecule has 1 nitrogen and oxygen atoms in total. The first-order chi connectivity index (χ1) is 8.90. The Hall–Kier alpha value is -2.04. The molecule has 0 spiro atoms. The van der Waals surface area contributed by atoms with Crippen molar-refractivity contribution in [1.82, 2.24) is 0 Å². The third-order valence-corrected chi connectivity index (χ3v) is 2.78. The minimum absolute atomic E-state index is 0.723. The number of hydrogen-bond donors (Lipinski definition) is 1. The SMILES string of the molecule is NCCCc1ccccc1C#Cc1ccccc1. The number of rotatable bonds is 3. The van der Waals surface area contributed by atoms with E-state index in [0.717, 1.165) is 30.5 Å². The van der Waals surface area contributed by atoms with Crippen LogP contribution in [0.5, 0.6) is 0 Å². The van der Waals surface area contributed by atoms with Gasteiger partial charge in [-0.05, 0) is 43.1 Å². The molecule has 0 saturated carbocycles. The van der Waals surface area contributed by atoms with Crippen LogP contribution < -0.4 is 5.73 Å². The van der Waals surface area contributed by atoms with Crippen LogP contribution in [0, 0.1) is 11.8 Å². The van der Waals surface area contributed by atoms with Gasteiger partial charge >= 0.3 is 0 Å². The van der Waals surface area contributed by atoms with Gasteiger partial charge in [0.05, 0.1) is 0 Å². The first-order valence-electron chi connectivity index (χ1n) is 6.25. The molecule has 2 rings (SSSR count). The van der Waals surface area contributed by atoms with E-state index in [4.69, 9.17) is 5.73 Å². The fraction of sp³-hybridized carbons (Fsp3) is 0.176. The van der Waals surface area contributed by atoms with Crippen molar-refractivity contribution in [2.75, 3.05) is 6.54 Å². The molecule has 0 aliphatic carbocycles. The Morgan fingerprint density at radius 2 is 1.56 bits per heavy atom. The normalized spacial score (nSPS) is 9.61. The van der Waals surface area contributed by atoms with Gasteiger partial charge < -0.3 is 5.73 Å². The van der Waals surface area contributed by atoms with Crippen molar-refractivity contribution in [3.05, 3.63) is 71.3 Å². The monoisotopic (exact) mass is 235 g/mol. The summed E-state index contributed by atoms with van der Waals surface area (Å²) in [4.78, 5) is 0. The summed E-state index contributed by atoms with van der Waals surface area (Å²) in [7, 11) is 0. The van der Waals surface area contributed by atoms with Crippen LogP contribution in [0.4, 0.5) is 0 Å². The molecular weight excluding hydrogens is 218 g/mol. The van der Waals surface area contributed by atoms with Gasteiger partial charge in [-0.15, -0.1) is 0 Å². The molecule has 2 aromatic carbocycles. The Morgan fingerprint density at radius 1 is 0.833 bits per heavy atom. The highest BCUT2D eigenvalue weighted by Crippen LogP contribution is 2.10. The Labute approximate surface area is 109 Å². The molecule has 0 saturated heterocycles. The topological polar surface area (TPSA) is 26.0 Å². The van der Waals surface area contributed by atoms with Crippen LogP contribution in [-0.2, 0) is 6.42 Å². The maximum absolute atomic E-state index is 5.56. The summed E-state index contributed by atoms with van der Waals surface area (Å²) in [6.07, 6.45) is 2.00. The predicted molar refractivity (Wildman–Crippen MR) is 76.2 cm³/mol. The highest BCUT2D eigenvalue weighted by atomic mass is 14.5. The lowest BCUT2D eigenvalue weighted by molar-refractivity contribution is 0.831. The molecule has 0 atom stereocenters. The van der Waals surface area contributed by atoms with Gasteiger partial charge in [-0.2, -0.15) is 0 Å². The first kappa shape index (κ1) is 12.4. The molecular formula is C17H17N. The lowest BCUT2D eigenvalue weighted by Crippen LogP contribution is -2.01. The zero-order valence-corrected chi connectivity index (χ0v) is 10.4. The van der Waals surface area contributed by atoms with Crippen molar-refractivity contribution < 1.29 is 0 Å². The second-order valence-electron chi connectivity index (χ2n) is 4.17. The molecule has 0 bridgehead atoms. The van der Waals surface area contributed by atoms with E-state index in [1.807, 2.05) is 36.4 Å². The number of benzene rings is 2. The molecule has 2 aromatic rings. The summed E-state index contributed by atoms with van der Waals surface area (Å²) >= 11 is 0. The smallest absolute Gasteiger partial charge is 0.0281 e. The quantitative estimate of drug-likeness (QED) is 0.813. The van der Waals surface area contributed by atoms with E-state index < -0.39 is 0 Å². The van der Waals surface area contributed by atoms with Crippen LogP contribution in [0.2, 0.25) is 0 Å². The van der Waals surface area contributed by atoms with E-state index >= 15 is 0 Å². The molecule has 18 heavy (non-hydrogen) atoms. The molecule has 0 fully saturated rings. The fourth-order valence-corrected chi connectivity index (χ4v) is 1.81. The van der Waals surface area contributed by atoms with Gasteiger partial charge in [-0.1, -0.05) is 48.2 Å². The summed E-state index contributed by atoms with van der Waals surface area (Å²) < 4.78 is 0. The molecule has 0 aliphatic rings. The van der Waals surface area contributed by atoms with Crippen molar-refractivity contribution in [2.24, 2.45) is 5.73 Å². The summed E-state index contributed by atoms with van der Waals surface area (Å²) in [6.45, 7) is 0.723.